The van der Waals surface area contributed by atoms with Gasteiger partial charge in [-0.1, -0.05) is 238 Å². The second-order valence-electron chi connectivity index (χ2n) is 21.8. The zero-order valence-corrected chi connectivity index (χ0v) is 52.7. The number of nitrogens with zero attached hydrogens (tertiary/aromatic N) is 1. The Morgan fingerprint density at radius 1 is 0.450 bits per heavy atom. The van der Waals surface area contributed by atoms with Crippen molar-refractivity contribution in [3.8, 4) is 0 Å². The minimum atomic E-state index is -4.48. The molecule has 3 unspecified atom stereocenters. The van der Waals surface area contributed by atoms with Crippen LogP contribution in [0.1, 0.15) is 233 Å². The van der Waals surface area contributed by atoms with Gasteiger partial charge in [-0.25, -0.2) is 4.57 Å². The predicted octanol–water partition coefficient (Wildman–Crippen LogP) is 19.8. The number of amides is 1. The van der Waals surface area contributed by atoms with Crippen molar-refractivity contribution in [2.75, 3.05) is 40.9 Å². The Morgan fingerprint density at radius 2 is 0.800 bits per heavy atom. The third-order valence-corrected chi connectivity index (χ3v) is 14.0. The number of hydrogen-bond donors (Lipinski definition) is 2. The highest BCUT2D eigenvalue weighted by Gasteiger charge is 2.30. The van der Waals surface area contributed by atoms with E-state index in [9.17, 15) is 19.0 Å². The van der Waals surface area contributed by atoms with E-state index in [0.717, 1.165) is 135 Å². The highest BCUT2D eigenvalue weighted by atomic mass is 31.2. The van der Waals surface area contributed by atoms with E-state index in [1.54, 1.807) is 0 Å². The molecule has 2 N–H and O–H groups in total. The van der Waals surface area contributed by atoms with Crippen molar-refractivity contribution >= 4 is 19.7 Å². The van der Waals surface area contributed by atoms with E-state index in [2.05, 4.69) is 160 Å². The Morgan fingerprint density at radius 3 is 1.21 bits per heavy atom. The van der Waals surface area contributed by atoms with Crippen LogP contribution < -0.4 is 5.32 Å². The van der Waals surface area contributed by atoms with E-state index in [-0.39, 0.29) is 37.9 Å². The summed E-state index contributed by atoms with van der Waals surface area (Å²) in [7, 11) is 1.43. The molecule has 10 heteroatoms. The Hall–Kier alpha value is -4.11. The number of nitrogens with one attached hydrogen (secondary N) is 1. The van der Waals surface area contributed by atoms with Gasteiger partial charge < -0.3 is 19.4 Å². The molecule has 0 bridgehead atoms. The second-order valence-corrected chi connectivity index (χ2v) is 23.3. The molecule has 0 aliphatic rings. The zero-order chi connectivity index (χ0) is 58.6. The van der Waals surface area contributed by atoms with Crippen molar-refractivity contribution < 1.29 is 37.3 Å². The van der Waals surface area contributed by atoms with Crippen LogP contribution in [0.25, 0.3) is 0 Å². The maximum Gasteiger partial charge on any atom is 0.472 e. The topological polar surface area (TPSA) is 111 Å². The van der Waals surface area contributed by atoms with Gasteiger partial charge in [-0.05, 0) is 128 Å². The van der Waals surface area contributed by atoms with Crippen LogP contribution in [0.15, 0.2) is 146 Å². The molecule has 80 heavy (non-hydrogen) atoms. The van der Waals surface area contributed by atoms with E-state index >= 15 is 0 Å². The summed E-state index contributed by atoms with van der Waals surface area (Å²) < 4.78 is 30.7. The predicted molar refractivity (Wildman–Crippen MR) is 346 cm³/mol. The number of carbonyl (C=O) groups is 2. The lowest BCUT2D eigenvalue weighted by molar-refractivity contribution is -0.870. The lowest BCUT2D eigenvalue weighted by Crippen LogP contribution is -2.47. The zero-order valence-electron chi connectivity index (χ0n) is 51.8. The standard InChI is InChI=1S/C70H117N2O7P/c1-7-10-13-16-19-22-25-28-30-32-34-36-38-40-42-44-47-50-53-56-59-62-69(73)71-67(66-78-80(75,76)77-65-64-72(4,5)6)68(61-58-55-52-49-46-27-24-21-18-15-12-9-3)79-70(74)63-60-57-54-51-48-45-43-41-39-37-35-33-31-29-26-23-20-17-14-11-8-2/h10-11,13-14,19-20,22-23,28-31,34-37,40-43,47,50,58,61,67-68H,7-9,12,15-18,21,24-27,32-33,38-39,44-46,48-49,51-57,59-60,62-66H2,1-6H3,(H-,71,73,75,76)/p+1/b13-10-,14-11-,22-19-,23-20-,30-28-,31-29-,36-34-,37-35-,42-40-,43-41-,50-47-,61-58+. The van der Waals surface area contributed by atoms with Crippen LogP contribution in [0.4, 0.5) is 0 Å². The molecule has 0 saturated carbocycles. The Bertz CT molecular complexity index is 1880. The number of unbranched alkanes of at least 4 members (excludes halogenated alkanes) is 17. The summed E-state index contributed by atoms with van der Waals surface area (Å²) in [5, 5.41) is 3.02. The average Bonchev–Trinajstić information content (AvgIpc) is 3.42. The highest BCUT2D eigenvalue weighted by Crippen LogP contribution is 2.43. The summed E-state index contributed by atoms with van der Waals surface area (Å²) >= 11 is 0. The lowest BCUT2D eigenvalue weighted by atomic mass is 10.1. The maximum absolute atomic E-state index is 13.6. The molecule has 0 aromatic carbocycles. The number of ether oxygens (including phenoxy) is 1. The van der Waals surface area contributed by atoms with Gasteiger partial charge in [0.05, 0.1) is 33.8 Å². The van der Waals surface area contributed by atoms with Gasteiger partial charge >= 0.3 is 13.8 Å². The fourth-order valence-corrected chi connectivity index (χ4v) is 8.94. The summed E-state index contributed by atoms with van der Waals surface area (Å²) in [6.07, 6.45) is 84.2. The minimum absolute atomic E-state index is 0.0195. The fourth-order valence-electron chi connectivity index (χ4n) is 8.20. The highest BCUT2D eigenvalue weighted by molar-refractivity contribution is 7.47. The molecular formula is C70H118N2O7P+. The summed E-state index contributed by atoms with van der Waals surface area (Å²) in [6.45, 7) is 6.71. The van der Waals surface area contributed by atoms with Crippen molar-refractivity contribution in [3.05, 3.63) is 146 Å². The van der Waals surface area contributed by atoms with Gasteiger partial charge in [0.25, 0.3) is 0 Å². The number of allylic oxidation sites excluding steroid dienone is 23. The Labute approximate surface area is 491 Å². The molecule has 1 amide bonds. The Kier molecular flexibility index (Phi) is 55.1. The van der Waals surface area contributed by atoms with Gasteiger partial charge in [-0.3, -0.25) is 18.6 Å². The van der Waals surface area contributed by atoms with Crippen LogP contribution in [-0.4, -0.2) is 74.3 Å². The third kappa shape index (κ3) is 58.5. The first-order valence-corrected chi connectivity index (χ1v) is 33.2. The number of phosphoric acid groups is 1. The van der Waals surface area contributed by atoms with Crippen LogP contribution in [0.2, 0.25) is 0 Å². The van der Waals surface area contributed by atoms with Crippen LogP contribution in [-0.2, 0) is 27.9 Å². The van der Waals surface area contributed by atoms with Crippen molar-refractivity contribution in [2.24, 2.45) is 0 Å². The summed E-state index contributed by atoms with van der Waals surface area (Å²) in [4.78, 5) is 37.7. The summed E-state index contributed by atoms with van der Waals surface area (Å²) in [6, 6.07) is -0.891. The SMILES string of the molecule is CC/C=C\C/C=C\C/C=C\C/C=C\C/C=C\C/C=C\CCCCC(=O)NC(COP(=O)(O)OCC[N+](C)(C)C)C(/C=C/CCCCCCCCCCCC)OC(=O)CCCCCCC/C=C\C/C=C\C/C=C\C/C=C\C/C=C\CC. The maximum atomic E-state index is 13.6. The fraction of sp³-hybridized carbons (Fsp3) is 0.629. The van der Waals surface area contributed by atoms with E-state index in [1.165, 1.54) is 51.4 Å². The molecule has 0 aromatic rings. The number of likely N-dealkylation sites (N-methyl/N-ethyl adjacent to an activating group) is 1. The molecule has 0 saturated heterocycles. The summed E-state index contributed by atoms with van der Waals surface area (Å²) in [5.74, 6) is -0.590. The monoisotopic (exact) mass is 1130 g/mol. The molecule has 0 fully saturated rings. The molecule has 0 aromatic heterocycles. The number of phosphoric ester groups is 1. The van der Waals surface area contributed by atoms with Gasteiger partial charge in [-0.2, -0.15) is 0 Å². The normalized spacial score (nSPS) is 14.6. The van der Waals surface area contributed by atoms with Crippen LogP contribution in [0.3, 0.4) is 0 Å². The van der Waals surface area contributed by atoms with Crippen LogP contribution >= 0.6 is 7.82 Å². The van der Waals surface area contributed by atoms with Gasteiger partial charge in [0.15, 0.2) is 0 Å². The van der Waals surface area contributed by atoms with E-state index in [0.29, 0.717) is 23.9 Å². The lowest BCUT2D eigenvalue weighted by Gasteiger charge is -2.27. The van der Waals surface area contributed by atoms with Crippen molar-refractivity contribution in [3.63, 3.8) is 0 Å². The van der Waals surface area contributed by atoms with E-state index < -0.39 is 20.0 Å². The molecule has 454 valence electrons. The minimum Gasteiger partial charge on any atom is -0.456 e. The second kappa shape index (κ2) is 58.1. The largest absolute Gasteiger partial charge is 0.472 e. The Balaban J connectivity index is 5.37. The number of carbonyl (C=O) groups excluding carboxylic acids is 2. The first kappa shape index (κ1) is 75.9. The molecular weight excluding hydrogens is 1010 g/mol. The van der Waals surface area contributed by atoms with Crippen molar-refractivity contribution in [2.45, 2.75) is 245 Å². The van der Waals surface area contributed by atoms with Gasteiger partial charge in [0.2, 0.25) is 5.91 Å². The van der Waals surface area contributed by atoms with Gasteiger partial charge in [0, 0.05) is 12.8 Å². The number of rotatable bonds is 55. The third-order valence-electron chi connectivity index (χ3n) is 13.0. The quantitative estimate of drug-likeness (QED) is 0.0205. The van der Waals surface area contributed by atoms with Crippen LogP contribution in [0.5, 0.6) is 0 Å². The number of hydrogen-bond acceptors (Lipinski definition) is 6. The molecule has 0 spiro atoms. The molecule has 0 aliphatic heterocycles. The summed E-state index contributed by atoms with van der Waals surface area (Å²) in [5.41, 5.74) is 0. The first-order valence-electron chi connectivity index (χ1n) is 31.7. The smallest absolute Gasteiger partial charge is 0.456 e. The molecule has 9 nitrogen and oxygen atoms in total. The van der Waals surface area contributed by atoms with Gasteiger partial charge in [0.1, 0.15) is 19.3 Å². The van der Waals surface area contributed by atoms with Crippen molar-refractivity contribution in [1.29, 1.82) is 0 Å². The molecule has 0 radical (unpaired) electrons. The number of quaternary nitrogens is 1. The van der Waals surface area contributed by atoms with Crippen molar-refractivity contribution in [1.82, 2.24) is 5.32 Å². The molecule has 0 rings (SSSR count). The van der Waals surface area contributed by atoms with Gasteiger partial charge in [-0.15, -0.1) is 0 Å². The number of esters is 1. The molecule has 3 atom stereocenters. The van der Waals surface area contributed by atoms with E-state index in [1.807, 2.05) is 33.3 Å². The molecule has 0 aliphatic carbocycles. The molecule has 0 heterocycles. The van der Waals surface area contributed by atoms with E-state index in [4.69, 9.17) is 13.8 Å². The van der Waals surface area contributed by atoms with Crippen LogP contribution in [0, 0.1) is 0 Å². The first-order chi connectivity index (χ1) is 38.9. The average molecular weight is 1130 g/mol.